The van der Waals surface area contributed by atoms with Crippen LogP contribution in [-0.4, -0.2) is 22.7 Å². The van der Waals surface area contributed by atoms with Gasteiger partial charge in [-0.1, -0.05) is 18.2 Å². The maximum Gasteiger partial charge on any atom is 0.257 e. The number of carbonyl (C=O) groups is 3. The third-order valence-corrected chi connectivity index (χ3v) is 5.91. The Bertz CT molecular complexity index is 994. The monoisotopic (exact) mass is 397 g/mol. The van der Waals surface area contributed by atoms with E-state index in [-0.39, 0.29) is 30.1 Å². The van der Waals surface area contributed by atoms with Crippen LogP contribution in [0.5, 0.6) is 0 Å². The molecule has 0 bridgehead atoms. The zero-order chi connectivity index (χ0) is 18.8. The largest absolute Gasteiger partial charge is 0.298 e. The third kappa shape index (κ3) is 3.96. The van der Waals surface area contributed by atoms with E-state index in [0.717, 1.165) is 16.1 Å². The summed E-state index contributed by atoms with van der Waals surface area (Å²) in [6.07, 6.45) is 0.702. The molecule has 4 rings (SSSR count). The van der Waals surface area contributed by atoms with E-state index in [1.807, 2.05) is 35.0 Å². The molecule has 1 aromatic carbocycles. The van der Waals surface area contributed by atoms with Crippen molar-refractivity contribution in [3.05, 3.63) is 58.3 Å². The second-order valence-corrected chi connectivity index (χ2v) is 7.99. The summed E-state index contributed by atoms with van der Waals surface area (Å²) >= 11 is 2.98. The Kier molecular flexibility index (Phi) is 4.83. The van der Waals surface area contributed by atoms with Crippen molar-refractivity contribution in [3.63, 3.8) is 0 Å². The number of amides is 3. The first kappa shape index (κ1) is 17.6. The lowest BCUT2D eigenvalue weighted by Gasteiger charge is -2.07. The van der Waals surface area contributed by atoms with Gasteiger partial charge in [-0.2, -0.15) is 0 Å². The summed E-state index contributed by atoms with van der Waals surface area (Å²) in [7, 11) is 0. The number of thiazole rings is 1. The van der Waals surface area contributed by atoms with E-state index in [1.54, 1.807) is 23.5 Å². The molecule has 27 heavy (non-hydrogen) atoms. The standard InChI is InChI=1S/C19H15N3O3S2/c23-16-9-13(18(25)21-16)8-11-3-5-12(6-4-11)17(24)22-19-20-14(10-27-19)15-2-1-7-26-15/h1-7,10,13H,8-9H2,(H,20,22,24)(H,21,23,25). The van der Waals surface area contributed by atoms with Crippen molar-refractivity contribution < 1.29 is 14.4 Å². The fourth-order valence-electron chi connectivity index (χ4n) is 2.89. The van der Waals surface area contributed by atoms with Gasteiger partial charge in [0.25, 0.3) is 5.91 Å². The molecule has 3 amide bonds. The lowest BCUT2D eigenvalue weighted by molar-refractivity contribution is -0.125. The van der Waals surface area contributed by atoms with E-state index in [9.17, 15) is 14.4 Å². The molecule has 0 spiro atoms. The van der Waals surface area contributed by atoms with Crippen LogP contribution in [-0.2, 0) is 16.0 Å². The normalized spacial score (nSPS) is 16.4. The molecule has 2 N–H and O–H groups in total. The molecule has 0 aliphatic carbocycles. The fraction of sp³-hybridized carbons (Fsp3) is 0.158. The Morgan fingerprint density at radius 2 is 2.00 bits per heavy atom. The molecule has 3 aromatic rings. The summed E-state index contributed by atoms with van der Waals surface area (Å²) in [6, 6.07) is 11.0. The van der Waals surface area contributed by atoms with Crippen molar-refractivity contribution in [2.45, 2.75) is 12.8 Å². The number of benzene rings is 1. The van der Waals surface area contributed by atoms with Crippen molar-refractivity contribution in [2.24, 2.45) is 5.92 Å². The smallest absolute Gasteiger partial charge is 0.257 e. The molecule has 2 aromatic heterocycles. The Hall–Kier alpha value is -2.84. The van der Waals surface area contributed by atoms with Crippen LogP contribution < -0.4 is 10.6 Å². The van der Waals surface area contributed by atoms with Gasteiger partial charge in [0.05, 0.1) is 16.5 Å². The van der Waals surface area contributed by atoms with E-state index >= 15 is 0 Å². The van der Waals surface area contributed by atoms with Crippen LogP contribution in [0.1, 0.15) is 22.3 Å². The minimum Gasteiger partial charge on any atom is -0.298 e. The van der Waals surface area contributed by atoms with Gasteiger partial charge in [-0.25, -0.2) is 4.98 Å². The molecule has 1 atom stereocenters. The van der Waals surface area contributed by atoms with Gasteiger partial charge in [0, 0.05) is 17.4 Å². The summed E-state index contributed by atoms with van der Waals surface area (Å²) < 4.78 is 0. The fourth-order valence-corrected chi connectivity index (χ4v) is 4.35. The van der Waals surface area contributed by atoms with Gasteiger partial charge in [-0.05, 0) is 35.6 Å². The molecule has 8 heteroatoms. The van der Waals surface area contributed by atoms with Crippen LogP contribution in [0.4, 0.5) is 5.13 Å². The number of rotatable bonds is 5. The lowest BCUT2D eigenvalue weighted by Crippen LogP contribution is -2.22. The number of aromatic nitrogens is 1. The maximum absolute atomic E-state index is 12.4. The van der Waals surface area contributed by atoms with Crippen LogP contribution in [0, 0.1) is 5.92 Å². The van der Waals surface area contributed by atoms with Gasteiger partial charge < -0.3 is 0 Å². The van der Waals surface area contributed by atoms with Gasteiger partial charge in [0.1, 0.15) is 0 Å². The van der Waals surface area contributed by atoms with Gasteiger partial charge in [-0.15, -0.1) is 22.7 Å². The number of nitrogens with zero attached hydrogens (tertiary/aromatic N) is 1. The van der Waals surface area contributed by atoms with E-state index in [2.05, 4.69) is 15.6 Å². The highest BCUT2D eigenvalue weighted by molar-refractivity contribution is 7.16. The first-order chi connectivity index (χ1) is 13.1. The van der Waals surface area contributed by atoms with Crippen LogP contribution in [0.15, 0.2) is 47.2 Å². The zero-order valence-corrected chi connectivity index (χ0v) is 15.7. The molecule has 0 saturated carbocycles. The quantitative estimate of drug-likeness (QED) is 0.647. The van der Waals surface area contributed by atoms with Crippen molar-refractivity contribution in [1.82, 2.24) is 10.3 Å². The minimum atomic E-state index is -0.330. The lowest BCUT2D eigenvalue weighted by atomic mass is 9.97. The van der Waals surface area contributed by atoms with Crippen LogP contribution in [0.2, 0.25) is 0 Å². The van der Waals surface area contributed by atoms with Crippen LogP contribution in [0.25, 0.3) is 10.6 Å². The van der Waals surface area contributed by atoms with Crippen molar-refractivity contribution in [3.8, 4) is 10.6 Å². The summed E-state index contributed by atoms with van der Waals surface area (Å²) in [6.45, 7) is 0. The highest BCUT2D eigenvalue weighted by Gasteiger charge is 2.30. The molecular weight excluding hydrogens is 382 g/mol. The predicted octanol–water partition coefficient (Wildman–Crippen LogP) is 3.33. The SMILES string of the molecule is O=C1CC(Cc2ccc(C(=O)Nc3nc(-c4cccs4)cs3)cc2)C(=O)N1. The molecule has 0 radical (unpaired) electrons. The highest BCUT2D eigenvalue weighted by atomic mass is 32.1. The molecule has 1 unspecified atom stereocenters. The number of hydrogen-bond donors (Lipinski definition) is 2. The number of hydrogen-bond acceptors (Lipinski definition) is 6. The average Bonchev–Trinajstić information content (AvgIpc) is 3.38. The number of anilines is 1. The van der Waals surface area contributed by atoms with Crippen molar-refractivity contribution in [1.29, 1.82) is 0 Å². The minimum absolute atomic E-state index is 0.220. The maximum atomic E-state index is 12.4. The van der Waals surface area contributed by atoms with E-state index < -0.39 is 0 Å². The Morgan fingerprint density at radius 3 is 2.67 bits per heavy atom. The molecule has 1 saturated heterocycles. The second-order valence-electron chi connectivity index (χ2n) is 6.18. The molecule has 1 aliphatic rings. The van der Waals surface area contributed by atoms with Crippen LogP contribution >= 0.6 is 22.7 Å². The Labute approximate surface area is 163 Å². The number of thiophene rings is 1. The summed E-state index contributed by atoms with van der Waals surface area (Å²) in [5.41, 5.74) is 2.28. The third-order valence-electron chi connectivity index (χ3n) is 4.26. The predicted molar refractivity (Wildman–Crippen MR) is 105 cm³/mol. The molecule has 3 heterocycles. The van der Waals surface area contributed by atoms with Gasteiger partial charge in [-0.3, -0.25) is 25.0 Å². The molecule has 1 aliphatic heterocycles. The van der Waals surface area contributed by atoms with Crippen molar-refractivity contribution in [2.75, 3.05) is 5.32 Å². The van der Waals surface area contributed by atoms with Gasteiger partial charge in [0.2, 0.25) is 11.8 Å². The molecule has 6 nitrogen and oxygen atoms in total. The number of imide groups is 1. The highest BCUT2D eigenvalue weighted by Crippen LogP contribution is 2.28. The topological polar surface area (TPSA) is 88.2 Å². The Balaban J connectivity index is 1.39. The zero-order valence-electron chi connectivity index (χ0n) is 14.1. The van der Waals surface area contributed by atoms with E-state index in [4.69, 9.17) is 0 Å². The molecule has 136 valence electrons. The summed E-state index contributed by atoms with van der Waals surface area (Å²) in [4.78, 5) is 40.8. The Morgan fingerprint density at radius 1 is 1.19 bits per heavy atom. The number of nitrogens with one attached hydrogen (secondary N) is 2. The number of carbonyl (C=O) groups excluding carboxylic acids is 3. The summed E-state index contributed by atoms with van der Waals surface area (Å²) in [5.74, 6) is -1.02. The molecular formula is C19H15N3O3S2. The second kappa shape index (κ2) is 7.42. The van der Waals surface area contributed by atoms with E-state index in [1.165, 1.54) is 11.3 Å². The van der Waals surface area contributed by atoms with Gasteiger partial charge in [0.15, 0.2) is 5.13 Å². The average molecular weight is 397 g/mol. The first-order valence-corrected chi connectivity index (χ1v) is 10.1. The summed E-state index contributed by atoms with van der Waals surface area (Å²) in [5, 5.41) is 9.57. The van der Waals surface area contributed by atoms with Gasteiger partial charge >= 0.3 is 0 Å². The molecule has 1 fully saturated rings. The van der Waals surface area contributed by atoms with Crippen LogP contribution in [0.3, 0.4) is 0 Å². The van der Waals surface area contributed by atoms with E-state index in [0.29, 0.717) is 17.1 Å². The first-order valence-electron chi connectivity index (χ1n) is 8.32. The van der Waals surface area contributed by atoms with Crippen molar-refractivity contribution >= 4 is 45.5 Å².